The molecule has 1 aromatic carbocycles. The zero-order valence-electron chi connectivity index (χ0n) is 7.59. The fraction of sp³-hybridized carbons (Fsp3) is 0.400. The highest BCUT2D eigenvalue weighted by atomic mass is 19.1. The molecule has 0 aromatic heterocycles. The Kier molecular flexibility index (Phi) is 3.71. The minimum Gasteiger partial charge on any atom is -0.496 e. The highest BCUT2D eigenvalue weighted by Gasteiger charge is 2.07. The minimum atomic E-state index is -0.556. The van der Waals surface area contributed by atoms with Gasteiger partial charge in [-0.3, -0.25) is 0 Å². The molecule has 0 aliphatic heterocycles. The fourth-order valence-electron chi connectivity index (χ4n) is 1.31. The first-order valence-electron chi connectivity index (χ1n) is 4.15. The van der Waals surface area contributed by atoms with Crippen molar-refractivity contribution in [2.24, 2.45) is 0 Å². The topological polar surface area (TPSA) is 29.5 Å². The molecular formula is C10H13FO2. The molecule has 0 fully saturated rings. The number of rotatable bonds is 4. The van der Waals surface area contributed by atoms with Crippen molar-refractivity contribution in [3.63, 3.8) is 0 Å². The molecule has 72 valence electrons. The lowest BCUT2D eigenvalue weighted by Gasteiger charge is -2.09. The molecule has 0 amide bonds. The van der Waals surface area contributed by atoms with Gasteiger partial charge in [-0.1, -0.05) is 12.1 Å². The van der Waals surface area contributed by atoms with Gasteiger partial charge in [0.05, 0.1) is 7.11 Å². The maximum Gasteiger partial charge on any atom is 0.124 e. The van der Waals surface area contributed by atoms with Crippen LogP contribution in [0.1, 0.15) is 11.1 Å². The predicted octanol–water partition coefficient (Wildman–Crippen LogP) is 1.70. The average molecular weight is 184 g/mol. The van der Waals surface area contributed by atoms with Crippen LogP contribution >= 0.6 is 0 Å². The minimum absolute atomic E-state index is 0.0279. The van der Waals surface area contributed by atoms with Gasteiger partial charge >= 0.3 is 0 Å². The number of ether oxygens (including phenoxy) is 1. The third-order valence-corrected chi connectivity index (χ3v) is 1.96. The lowest BCUT2D eigenvalue weighted by atomic mass is 10.0. The molecule has 0 aliphatic rings. The Balaban J connectivity index is 3.03. The Morgan fingerprint density at radius 1 is 1.46 bits per heavy atom. The van der Waals surface area contributed by atoms with Gasteiger partial charge in [0.2, 0.25) is 0 Å². The van der Waals surface area contributed by atoms with Crippen LogP contribution in [0.15, 0.2) is 18.2 Å². The monoisotopic (exact) mass is 184 g/mol. The first-order valence-corrected chi connectivity index (χ1v) is 4.15. The van der Waals surface area contributed by atoms with E-state index in [0.29, 0.717) is 17.7 Å². The molecule has 0 atom stereocenters. The number of hydrogen-bond acceptors (Lipinski definition) is 2. The van der Waals surface area contributed by atoms with Crippen molar-refractivity contribution < 1.29 is 14.2 Å². The summed E-state index contributed by atoms with van der Waals surface area (Å²) in [7, 11) is 1.51. The van der Waals surface area contributed by atoms with Gasteiger partial charge in [-0.2, -0.15) is 0 Å². The van der Waals surface area contributed by atoms with Crippen LogP contribution in [0.25, 0.3) is 0 Å². The first kappa shape index (κ1) is 9.99. The first-order chi connectivity index (χ1) is 6.33. The normalized spacial score (nSPS) is 10.1. The van der Waals surface area contributed by atoms with E-state index in [9.17, 15) is 4.39 Å². The SMILES string of the molecule is COc1cccc(CCO)c1CF. The van der Waals surface area contributed by atoms with Gasteiger partial charge in [0.25, 0.3) is 0 Å². The van der Waals surface area contributed by atoms with Gasteiger partial charge in [-0.15, -0.1) is 0 Å². The second-order valence-electron chi connectivity index (χ2n) is 2.71. The Morgan fingerprint density at radius 2 is 2.23 bits per heavy atom. The lowest BCUT2D eigenvalue weighted by molar-refractivity contribution is 0.298. The molecule has 0 radical (unpaired) electrons. The van der Waals surface area contributed by atoms with Crippen LogP contribution in [0.2, 0.25) is 0 Å². The van der Waals surface area contributed by atoms with E-state index in [1.165, 1.54) is 7.11 Å². The summed E-state index contributed by atoms with van der Waals surface area (Å²) in [6.45, 7) is -0.528. The largest absolute Gasteiger partial charge is 0.496 e. The predicted molar refractivity (Wildman–Crippen MR) is 48.6 cm³/mol. The summed E-state index contributed by atoms with van der Waals surface area (Å²) in [5.41, 5.74) is 1.35. The molecule has 0 bridgehead atoms. The second kappa shape index (κ2) is 4.82. The molecular weight excluding hydrogens is 171 g/mol. The molecule has 0 aliphatic carbocycles. The molecule has 0 saturated carbocycles. The van der Waals surface area contributed by atoms with Crippen LogP contribution in [0.4, 0.5) is 4.39 Å². The maximum absolute atomic E-state index is 12.6. The van der Waals surface area contributed by atoms with Crippen molar-refractivity contribution in [2.45, 2.75) is 13.1 Å². The number of halogens is 1. The van der Waals surface area contributed by atoms with E-state index in [-0.39, 0.29) is 6.61 Å². The van der Waals surface area contributed by atoms with Gasteiger partial charge in [-0.05, 0) is 18.1 Å². The number of aliphatic hydroxyl groups excluding tert-OH is 1. The molecule has 1 aromatic rings. The van der Waals surface area contributed by atoms with Crippen molar-refractivity contribution in [2.75, 3.05) is 13.7 Å². The Bertz CT molecular complexity index is 274. The highest BCUT2D eigenvalue weighted by molar-refractivity contribution is 5.39. The summed E-state index contributed by atoms with van der Waals surface area (Å²) >= 11 is 0. The van der Waals surface area contributed by atoms with Crippen molar-refractivity contribution in [3.8, 4) is 5.75 Å². The highest BCUT2D eigenvalue weighted by Crippen LogP contribution is 2.23. The molecule has 2 nitrogen and oxygen atoms in total. The van der Waals surface area contributed by atoms with Crippen LogP contribution < -0.4 is 4.74 Å². The number of methoxy groups -OCH3 is 1. The zero-order valence-corrected chi connectivity index (χ0v) is 7.59. The van der Waals surface area contributed by atoms with Crippen LogP contribution in [-0.2, 0) is 13.1 Å². The Hall–Kier alpha value is -1.09. The van der Waals surface area contributed by atoms with Gasteiger partial charge < -0.3 is 9.84 Å². The zero-order chi connectivity index (χ0) is 9.68. The van der Waals surface area contributed by atoms with E-state index in [2.05, 4.69) is 0 Å². The lowest BCUT2D eigenvalue weighted by Crippen LogP contribution is -1.99. The van der Waals surface area contributed by atoms with Crippen LogP contribution in [0.5, 0.6) is 5.75 Å². The van der Waals surface area contributed by atoms with Crippen LogP contribution in [0.3, 0.4) is 0 Å². The van der Waals surface area contributed by atoms with E-state index in [1.54, 1.807) is 18.2 Å². The third kappa shape index (κ3) is 2.18. The van der Waals surface area contributed by atoms with Crippen molar-refractivity contribution >= 4 is 0 Å². The smallest absolute Gasteiger partial charge is 0.124 e. The summed E-state index contributed by atoms with van der Waals surface area (Å²) in [6.07, 6.45) is 0.469. The molecule has 3 heteroatoms. The summed E-state index contributed by atoms with van der Waals surface area (Å²) in [4.78, 5) is 0. The number of hydrogen-bond donors (Lipinski definition) is 1. The van der Waals surface area contributed by atoms with E-state index in [1.807, 2.05) is 0 Å². The van der Waals surface area contributed by atoms with E-state index >= 15 is 0 Å². The molecule has 1 rings (SSSR count). The number of aliphatic hydroxyl groups is 1. The molecule has 0 heterocycles. The fourth-order valence-corrected chi connectivity index (χ4v) is 1.31. The standard InChI is InChI=1S/C10H13FO2/c1-13-10-4-2-3-8(5-6-12)9(10)7-11/h2-4,12H,5-7H2,1H3. The molecule has 0 unspecified atom stereocenters. The third-order valence-electron chi connectivity index (χ3n) is 1.96. The average Bonchev–Trinajstić information content (AvgIpc) is 2.18. The molecule has 0 saturated heterocycles. The van der Waals surface area contributed by atoms with Crippen molar-refractivity contribution in [3.05, 3.63) is 29.3 Å². The van der Waals surface area contributed by atoms with Gasteiger partial charge in [0, 0.05) is 12.2 Å². The van der Waals surface area contributed by atoms with Crippen LogP contribution in [0, 0.1) is 0 Å². The van der Waals surface area contributed by atoms with Gasteiger partial charge in [0.1, 0.15) is 12.4 Å². The van der Waals surface area contributed by atoms with Crippen LogP contribution in [-0.4, -0.2) is 18.8 Å². The van der Waals surface area contributed by atoms with E-state index in [4.69, 9.17) is 9.84 Å². The quantitative estimate of drug-likeness (QED) is 0.771. The van der Waals surface area contributed by atoms with Gasteiger partial charge in [0.15, 0.2) is 0 Å². The number of alkyl halides is 1. The summed E-state index contributed by atoms with van der Waals surface area (Å²) in [6, 6.07) is 5.31. The second-order valence-corrected chi connectivity index (χ2v) is 2.71. The summed E-state index contributed by atoms with van der Waals surface area (Å²) in [5.74, 6) is 0.549. The van der Waals surface area contributed by atoms with E-state index in [0.717, 1.165) is 5.56 Å². The van der Waals surface area contributed by atoms with Crippen molar-refractivity contribution in [1.29, 1.82) is 0 Å². The summed E-state index contributed by atoms with van der Waals surface area (Å²) < 4.78 is 17.6. The maximum atomic E-state index is 12.6. The Morgan fingerprint density at radius 3 is 2.77 bits per heavy atom. The van der Waals surface area contributed by atoms with Crippen molar-refractivity contribution in [1.82, 2.24) is 0 Å². The summed E-state index contributed by atoms with van der Waals surface area (Å²) in [5, 5.41) is 8.74. The molecule has 0 spiro atoms. The molecule has 1 N–H and O–H groups in total. The number of benzene rings is 1. The van der Waals surface area contributed by atoms with Gasteiger partial charge in [-0.25, -0.2) is 4.39 Å². The van der Waals surface area contributed by atoms with E-state index < -0.39 is 6.67 Å². The molecule has 13 heavy (non-hydrogen) atoms. The Labute approximate surface area is 77.0 Å².